The van der Waals surface area contributed by atoms with Crippen LogP contribution in [0.25, 0.3) is 0 Å². The van der Waals surface area contributed by atoms with Crippen molar-refractivity contribution in [1.82, 2.24) is 0 Å². The van der Waals surface area contributed by atoms with Crippen LogP contribution in [-0.4, -0.2) is 26.4 Å². The molecule has 4 aromatic rings. The Morgan fingerprint density at radius 2 is 1.12 bits per heavy atom. The molecule has 0 saturated carbocycles. The summed E-state index contributed by atoms with van der Waals surface area (Å²) in [7, 11) is 0. The van der Waals surface area contributed by atoms with E-state index in [0.29, 0.717) is 40.5 Å². The molecule has 0 aliphatic rings. The van der Waals surface area contributed by atoms with E-state index in [1.165, 1.54) is 31.2 Å². The van der Waals surface area contributed by atoms with E-state index in [4.69, 9.17) is 52.1 Å². The Hall–Kier alpha value is -6.05. The second-order valence-corrected chi connectivity index (χ2v) is 9.82. The lowest BCUT2D eigenvalue weighted by Crippen LogP contribution is -2.06. The summed E-state index contributed by atoms with van der Waals surface area (Å²) in [6.07, 6.45) is -4.56. The summed E-state index contributed by atoms with van der Waals surface area (Å²) in [4.78, 5) is 0. The first-order valence-corrected chi connectivity index (χ1v) is 15.0. The van der Waals surface area contributed by atoms with Crippen LogP contribution in [0.1, 0.15) is 12.5 Å². The van der Waals surface area contributed by atoms with Crippen molar-refractivity contribution in [3.05, 3.63) is 118 Å². The summed E-state index contributed by atoms with van der Waals surface area (Å²) in [5.74, 6) is -0.228. The molecule has 0 saturated heterocycles. The Morgan fingerprint density at radius 1 is 0.627 bits per heavy atom. The zero-order valence-electron chi connectivity index (χ0n) is 26.5. The third kappa shape index (κ3) is 21.5. The minimum atomic E-state index is -4.56. The molecule has 0 aliphatic carbocycles. The summed E-state index contributed by atoms with van der Waals surface area (Å²) < 4.78 is 82.2. The topological polar surface area (TPSA) is 156 Å². The van der Waals surface area contributed by atoms with Gasteiger partial charge in [-0.3, -0.25) is 0 Å². The largest absolute Gasteiger partial charge is 0.479 e. The van der Waals surface area contributed by atoms with Crippen molar-refractivity contribution in [2.24, 2.45) is 0 Å². The van der Waals surface area contributed by atoms with Crippen LogP contribution in [0.2, 0.25) is 5.02 Å². The van der Waals surface area contributed by atoms with E-state index in [-0.39, 0.29) is 25.6 Å². The minimum absolute atomic E-state index is 0.0315. The zero-order chi connectivity index (χ0) is 38.5. The van der Waals surface area contributed by atoms with Gasteiger partial charge in [-0.15, -0.1) is 0 Å². The van der Waals surface area contributed by atoms with E-state index >= 15 is 0 Å². The van der Waals surface area contributed by atoms with Gasteiger partial charge < -0.3 is 18.9 Å². The third-order valence-corrected chi connectivity index (χ3v) is 5.68. The number of hydrogen-bond donors (Lipinski definition) is 0. The molecule has 0 amide bonds. The first-order chi connectivity index (χ1) is 24.4. The van der Waals surface area contributed by atoms with Gasteiger partial charge in [-0.25, -0.2) is 8.78 Å². The van der Waals surface area contributed by atoms with Crippen molar-refractivity contribution in [3.63, 3.8) is 0 Å². The van der Waals surface area contributed by atoms with Crippen molar-refractivity contribution >= 4 is 27.5 Å². The average molecular weight is 791 g/mol. The number of ether oxygens (including phenoxy) is 4. The molecular weight excluding hydrogens is 765 g/mol. The molecule has 0 unspecified atom stereocenters. The molecule has 0 atom stereocenters. The number of para-hydroxylation sites is 1. The first-order valence-electron chi connectivity index (χ1n) is 13.8. The monoisotopic (exact) mass is 789 g/mol. The van der Waals surface area contributed by atoms with Crippen LogP contribution in [-0.2, 0) is 6.18 Å². The Balaban J connectivity index is 0.000000642. The summed E-state index contributed by atoms with van der Waals surface area (Å²) in [6.45, 7) is 1.00. The highest BCUT2D eigenvalue weighted by Gasteiger charge is 2.31. The van der Waals surface area contributed by atoms with Gasteiger partial charge in [-0.2, -0.15) is 39.5 Å². The normalized spacial score (nSPS) is 9.00. The molecule has 0 heterocycles. The van der Waals surface area contributed by atoms with Crippen molar-refractivity contribution in [2.45, 2.75) is 13.1 Å². The number of nitriles is 5. The highest BCUT2D eigenvalue weighted by atomic mass is 79.9. The van der Waals surface area contributed by atoms with Crippen LogP contribution in [0.4, 0.5) is 22.0 Å². The molecule has 4 rings (SSSR count). The number of halogens is 7. The van der Waals surface area contributed by atoms with Gasteiger partial charge in [0.2, 0.25) is 0 Å². The van der Waals surface area contributed by atoms with Gasteiger partial charge in [0.05, 0.1) is 16.7 Å². The van der Waals surface area contributed by atoms with E-state index < -0.39 is 29.9 Å². The highest BCUT2D eigenvalue weighted by molar-refractivity contribution is 9.10. The smallest absolute Gasteiger partial charge is 0.416 e. The molecule has 4 aromatic carbocycles. The first kappa shape index (κ1) is 45.0. The van der Waals surface area contributed by atoms with Crippen molar-refractivity contribution in [1.29, 1.82) is 26.3 Å². The molecule has 0 spiro atoms. The van der Waals surface area contributed by atoms with Gasteiger partial charge >= 0.3 is 6.18 Å². The van der Waals surface area contributed by atoms with Crippen molar-refractivity contribution in [3.8, 4) is 53.3 Å². The lowest BCUT2D eigenvalue weighted by Gasteiger charge is -2.09. The maximum atomic E-state index is 12.9. The molecule has 0 aliphatic heterocycles. The van der Waals surface area contributed by atoms with E-state index in [0.717, 1.165) is 4.47 Å². The van der Waals surface area contributed by atoms with Gasteiger partial charge in [0.25, 0.3) is 0 Å². The molecule has 51 heavy (non-hydrogen) atoms. The summed E-state index contributed by atoms with van der Waals surface area (Å²) in [5.41, 5.74) is -1.02. The van der Waals surface area contributed by atoms with Gasteiger partial charge in [0, 0.05) is 17.5 Å². The predicted octanol–water partition coefficient (Wildman–Crippen LogP) is 9.60. The van der Waals surface area contributed by atoms with E-state index in [2.05, 4.69) is 20.7 Å². The second-order valence-electron chi connectivity index (χ2n) is 8.50. The Morgan fingerprint density at radius 3 is 1.61 bits per heavy atom. The predicted molar refractivity (Wildman–Crippen MR) is 179 cm³/mol. The van der Waals surface area contributed by atoms with Crippen molar-refractivity contribution < 1.29 is 40.9 Å². The lowest BCUT2D eigenvalue weighted by molar-refractivity contribution is -0.137. The second kappa shape index (κ2) is 26.9. The van der Waals surface area contributed by atoms with E-state index in [1.807, 2.05) is 42.5 Å². The quantitative estimate of drug-likeness (QED) is 0.159. The molecule has 0 radical (unpaired) electrons. The van der Waals surface area contributed by atoms with Crippen molar-refractivity contribution in [2.75, 3.05) is 26.4 Å². The fourth-order valence-corrected chi connectivity index (χ4v) is 3.49. The van der Waals surface area contributed by atoms with Crippen LogP contribution in [0.3, 0.4) is 0 Å². The molecule has 16 heteroatoms. The molecule has 0 N–H and O–H groups in total. The molecule has 0 fully saturated rings. The third-order valence-electron chi connectivity index (χ3n) is 4.88. The highest BCUT2D eigenvalue weighted by Crippen LogP contribution is 2.32. The maximum absolute atomic E-state index is 12.9. The Kier molecular flexibility index (Phi) is 23.7. The van der Waals surface area contributed by atoms with Gasteiger partial charge in [0.1, 0.15) is 47.3 Å². The average Bonchev–Trinajstić information content (AvgIpc) is 3.10. The molecule has 9 nitrogen and oxygen atoms in total. The Labute approximate surface area is 304 Å². The minimum Gasteiger partial charge on any atom is -0.479 e. The van der Waals surface area contributed by atoms with Crippen LogP contribution >= 0.6 is 27.5 Å². The molecule has 0 aromatic heterocycles. The number of benzene rings is 4. The van der Waals surface area contributed by atoms with Gasteiger partial charge in [0.15, 0.2) is 38.0 Å². The van der Waals surface area contributed by atoms with Crippen LogP contribution in [0, 0.1) is 68.3 Å². The standard InChI is InChI=1S/C9H5F4NO.C8H6BrNO.C8H6ClNO.C8H6FNO.C2H3N/c10-7-2-1-6(9(11,12)13)5-8(7)15-4-3-14;9-7-2-1-3-8(6-7)11-5-4-10;9-7-3-1-2-4-8(7)11-6-5-10;9-7-2-1-3-8(6-7)11-5-4-10;1-2-3/h1-2,5H,4H2;1-3,6H,5H2;1-4H,6H2;1-3,6H,5H2;1H3. The molecular formula is C35H26BrClF5N5O4. The van der Waals surface area contributed by atoms with Crippen LogP contribution in [0.5, 0.6) is 23.0 Å². The fourth-order valence-electron chi connectivity index (χ4n) is 2.92. The van der Waals surface area contributed by atoms with Crippen LogP contribution < -0.4 is 18.9 Å². The van der Waals surface area contributed by atoms with E-state index in [1.54, 1.807) is 36.4 Å². The SMILES string of the molecule is CC#N.N#CCOc1cc(C(F)(F)F)ccc1F.N#CCOc1cccc(Br)c1.N#CCOc1cccc(F)c1.N#CCOc1ccccc1Cl. The molecule has 264 valence electrons. The molecule has 0 bridgehead atoms. The maximum Gasteiger partial charge on any atom is 0.416 e. The fraction of sp³-hybridized carbons (Fsp3) is 0.171. The van der Waals surface area contributed by atoms with Gasteiger partial charge in [-0.1, -0.05) is 51.8 Å². The Bertz CT molecular complexity index is 1790. The lowest BCUT2D eigenvalue weighted by atomic mass is 10.2. The van der Waals surface area contributed by atoms with Crippen LogP contribution in [0.15, 0.2) is 95.5 Å². The van der Waals surface area contributed by atoms with E-state index in [9.17, 15) is 22.0 Å². The summed E-state index contributed by atoms with van der Waals surface area (Å²) in [6, 6.07) is 30.7. The zero-order valence-corrected chi connectivity index (χ0v) is 28.8. The number of nitrogens with zero attached hydrogens (tertiary/aromatic N) is 5. The number of hydrogen-bond acceptors (Lipinski definition) is 9. The summed E-state index contributed by atoms with van der Waals surface area (Å²) in [5, 5.41) is 40.5. The number of alkyl halides is 3. The number of rotatable bonds is 8. The van der Waals surface area contributed by atoms with Gasteiger partial charge in [-0.05, 0) is 60.7 Å². The summed E-state index contributed by atoms with van der Waals surface area (Å²) >= 11 is 9.02.